The first-order chi connectivity index (χ1) is 9.97. The molecule has 1 fully saturated rings. The lowest BCUT2D eigenvalue weighted by Gasteiger charge is -2.24. The summed E-state index contributed by atoms with van der Waals surface area (Å²) >= 11 is 0. The molecule has 3 atom stereocenters. The molecule has 0 saturated carbocycles. The molecule has 1 aromatic carbocycles. The van der Waals surface area contributed by atoms with Crippen LogP contribution in [0.2, 0.25) is 0 Å². The topological polar surface area (TPSA) is 61.4 Å². The van der Waals surface area contributed by atoms with Crippen LogP contribution in [-0.2, 0) is 4.79 Å². The predicted molar refractivity (Wildman–Crippen MR) is 91.2 cm³/mol. The van der Waals surface area contributed by atoms with Crippen LogP contribution >= 0.6 is 12.4 Å². The molecule has 5 heteroatoms. The monoisotopic (exact) mass is 326 g/mol. The lowest BCUT2D eigenvalue weighted by Crippen LogP contribution is -2.42. The fourth-order valence-electron chi connectivity index (χ4n) is 2.90. The Morgan fingerprint density at radius 3 is 2.64 bits per heavy atom. The van der Waals surface area contributed by atoms with Crippen LogP contribution in [0.1, 0.15) is 43.9 Å². The molecule has 2 rings (SSSR count). The Balaban J connectivity index is 0.00000242. The lowest BCUT2D eigenvalue weighted by molar-refractivity contribution is -0.123. The van der Waals surface area contributed by atoms with Gasteiger partial charge in [0.25, 0.3) is 0 Å². The van der Waals surface area contributed by atoms with E-state index < -0.39 is 6.10 Å². The van der Waals surface area contributed by atoms with Crippen molar-refractivity contribution in [2.24, 2.45) is 5.92 Å². The van der Waals surface area contributed by atoms with Gasteiger partial charge >= 0.3 is 0 Å². The average Bonchev–Trinajstić information content (AvgIpc) is 2.85. The van der Waals surface area contributed by atoms with E-state index in [2.05, 4.69) is 43.5 Å². The normalized spacial score (nSPS) is 22.2. The van der Waals surface area contributed by atoms with Crippen LogP contribution in [0.3, 0.4) is 0 Å². The molecule has 1 amide bonds. The van der Waals surface area contributed by atoms with E-state index in [1.165, 1.54) is 11.1 Å². The van der Waals surface area contributed by atoms with Gasteiger partial charge in [0.15, 0.2) is 0 Å². The Hall–Kier alpha value is -1.10. The van der Waals surface area contributed by atoms with E-state index in [-0.39, 0.29) is 30.4 Å². The molecule has 4 nitrogen and oxygen atoms in total. The third-order valence-corrected chi connectivity index (χ3v) is 4.01. The summed E-state index contributed by atoms with van der Waals surface area (Å²) in [4.78, 5) is 12.4. The van der Waals surface area contributed by atoms with Crippen molar-refractivity contribution >= 4 is 18.3 Å². The van der Waals surface area contributed by atoms with Crippen LogP contribution in [0.25, 0.3) is 0 Å². The van der Waals surface area contributed by atoms with E-state index in [9.17, 15) is 9.90 Å². The van der Waals surface area contributed by atoms with Gasteiger partial charge in [-0.3, -0.25) is 4.79 Å². The molecule has 0 aromatic heterocycles. The van der Waals surface area contributed by atoms with Crippen LogP contribution in [0.4, 0.5) is 0 Å². The van der Waals surface area contributed by atoms with Crippen LogP contribution in [0.5, 0.6) is 0 Å². The summed E-state index contributed by atoms with van der Waals surface area (Å²) in [7, 11) is 0. The number of hydrogen-bond acceptors (Lipinski definition) is 3. The molecule has 1 aliphatic heterocycles. The van der Waals surface area contributed by atoms with Crippen molar-refractivity contribution in [1.82, 2.24) is 10.6 Å². The first-order valence-corrected chi connectivity index (χ1v) is 7.74. The summed E-state index contributed by atoms with van der Waals surface area (Å²) in [5, 5.41) is 15.8. The van der Waals surface area contributed by atoms with E-state index in [1.807, 2.05) is 12.1 Å². The van der Waals surface area contributed by atoms with Crippen LogP contribution in [-0.4, -0.2) is 29.7 Å². The molecule has 0 radical (unpaired) electrons. The zero-order valence-electron chi connectivity index (χ0n) is 13.5. The summed E-state index contributed by atoms with van der Waals surface area (Å²) in [6.07, 6.45) is 0.989. The number of nitrogens with one attached hydrogen (secondary N) is 2. The van der Waals surface area contributed by atoms with Gasteiger partial charge in [-0.05, 0) is 36.8 Å². The molecule has 3 unspecified atom stereocenters. The van der Waals surface area contributed by atoms with Crippen LogP contribution in [0, 0.1) is 12.8 Å². The summed E-state index contributed by atoms with van der Waals surface area (Å²) < 4.78 is 0. The van der Waals surface area contributed by atoms with E-state index in [4.69, 9.17) is 0 Å². The number of benzene rings is 1. The maximum atomic E-state index is 12.4. The summed E-state index contributed by atoms with van der Waals surface area (Å²) in [5.41, 5.74) is 2.38. The number of carbonyl (C=O) groups excluding carboxylic acids is 1. The molecule has 3 N–H and O–H groups in total. The number of rotatable bonds is 5. The van der Waals surface area contributed by atoms with Crippen LogP contribution in [0.15, 0.2) is 24.3 Å². The lowest BCUT2D eigenvalue weighted by atomic mass is 9.93. The zero-order chi connectivity index (χ0) is 15.4. The number of β-amino-alcohol motifs (C(OH)–C–C–N with tert-alkyl or cyclic N) is 1. The molecule has 1 saturated heterocycles. The Morgan fingerprint density at radius 1 is 1.41 bits per heavy atom. The minimum atomic E-state index is -0.414. The van der Waals surface area contributed by atoms with Crippen molar-refractivity contribution in [2.45, 2.75) is 51.8 Å². The quantitative estimate of drug-likeness (QED) is 0.778. The highest BCUT2D eigenvalue weighted by Crippen LogP contribution is 2.24. The fourth-order valence-corrected chi connectivity index (χ4v) is 2.90. The molecular formula is C17H27ClN2O2. The van der Waals surface area contributed by atoms with Gasteiger partial charge in [0.1, 0.15) is 0 Å². The standard InChI is InChI=1S/C17H26N2O2.ClH/c1-11(2)8-15(14-7-5-4-6-12(14)3)19-17(21)16-9-13(20)10-18-16;/h4-7,11,13,15-16,18,20H,8-10H2,1-3H3,(H,19,21);1H. The fraction of sp³-hybridized carbons (Fsp3) is 0.588. The highest BCUT2D eigenvalue weighted by molar-refractivity contribution is 5.85. The van der Waals surface area contributed by atoms with Crippen molar-refractivity contribution in [3.05, 3.63) is 35.4 Å². The summed E-state index contributed by atoms with van der Waals surface area (Å²) in [6, 6.07) is 7.93. The third-order valence-electron chi connectivity index (χ3n) is 4.01. The van der Waals surface area contributed by atoms with Crippen molar-refractivity contribution in [3.8, 4) is 0 Å². The smallest absolute Gasteiger partial charge is 0.237 e. The molecule has 1 aliphatic rings. The van der Waals surface area contributed by atoms with E-state index in [0.717, 1.165) is 6.42 Å². The minimum absolute atomic E-state index is 0. The second-order valence-corrected chi connectivity index (χ2v) is 6.40. The van der Waals surface area contributed by atoms with Gasteiger partial charge in [0.05, 0.1) is 18.2 Å². The highest BCUT2D eigenvalue weighted by atomic mass is 35.5. The summed E-state index contributed by atoms with van der Waals surface area (Å²) in [5.74, 6) is 0.484. The van der Waals surface area contributed by atoms with Crippen LogP contribution < -0.4 is 10.6 Å². The summed E-state index contributed by atoms with van der Waals surface area (Å²) in [6.45, 7) is 6.90. The molecule has 124 valence electrons. The van der Waals surface area contributed by atoms with E-state index in [0.29, 0.717) is 18.9 Å². The van der Waals surface area contributed by atoms with Gasteiger partial charge in [-0.15, -0.1) is 12.4 Å². The predicted octanol–water partition coefficient (Wildman–Crippen LogP) is 2.34. The third kappa shape index (κ3) is 4.97. The molecule has 1 heterocycles. The Kier molecular flexibility index (Phi) is 7.33. The van der Waals surface area contributed by atoms with E-state index in [1.54, 1.807) is 0 Å². The number of aliphatic hydroxyl groups excluding tert-OH is 1. The number of aryl methyl sites for hydroxylation is 1. The maximum Gasteiger partial charge on any atom is 0.237 e. The first kappa shape index (κ1) is 18.9. The maximum absolute atomic E-state index is 12.4. The Bertz CT molecular complexity index is 493. The van der Waals surface area contributed by atoms with Gasteiger partial charge < -0.3 is 15.7 Å². The van der Waals surface area contributed by atoms with Gasteiger partial charge in [-0.25, -0.2) is 0 Å². The molecular weight excluding hydrogens is 300 g/mol. The Labute approximate surface area is 139 Å². The second-order valence-electron chi connectivity index (χ2n) is 6.40. The highest BCUT2D eigenvalue weighted by Gasteiger charge is 2.29. The van der Waals surface area contributed by atoms with Crippen molar-refractivity contribution < 1.29 is 9.90 Å². The van der Waals surface area contributed by atoms with Crippen molar-refractivity contribution in [1.29, 1.82) is 0 Å². The zero-order valence-corrected chi connectivity index (χ0v) is 14.3. The molecule has 0 spiro atoms. The number of carbonyl (C=O) groups is 1. The van der Waals surface area contributed by atoms with Gasteiger partial charge in [0.2, 0.25) is 5.91 Å². The molecule has 0 bridgehead atoms. The second kappa shape index (κ2) is 8.51. The van der Waals surface area contributed by atoms with E-state index >= 15 is 0 Å². The van der Waals surface area contributed by atoms with Crippen molar-refractivity contribution in [2.75, 3.05) is 6.54 Å². The van der Waals surface area contributed by atoms with Gasteiger partial charge in [0, 0.05) is 6.54 Å². The number of amides is 1. The number of aliphatic hydroxyl groups is 1. The SMILES string of the molecule is Cc1ccccc1C(CC(C)C)NC(=O)C1CC(O)CN1.Cl. The largest absolute Gasteiger partial charge is 0.392 e. The number of hydrogen-bond donors (Lipinski definition) is 3. The average molecular weight is 327 g/mol. The molecule has 1 aromatic rings. The molecule has 22 heavy (non-hydrogen) atoms. The first-order valence-electron chi connectivity index (χ1n) is 7.74. The van der Waals surface area contributed by atoms with Gasteiger partial charge in [-0.2, -0.15) is 0 Å². The Morgan fingerprint density at radius 2 is 2.09 bits per heavy atom. The van der Waals surface area contributed by atoms with Crippen molar-refractivity contribution in [3.63, 3.8) is 0 Å². The number of halogens is 1. The minimum Gasteiger partial charge on any atom is -0.392 e. The molecule has 0 aliphatic carbocycles. The van der Waals surface area contributed by atoms with Gasteiger partial charge in [-0.1, -0.05) is 38.1 Å².